The maximum Gasteiger partial charge on any atom is 0.0726 e. The number of hydrogen-bond acceptors (Lipinski definition) is 4. The maximum atomic E-state index is 11.5. The number of rotatable bonds is 2. The summed E-state index contributed by atoms with van der Waals surface area (Å²) in [6.07, 6.45) is 0. The molecule has 1 aromatic carbocycles. The van der Waals surface area contributed by atoms with Gasteiger partial charge in [0.1, 0.15) is 0 Å². The summed E-state index contributed by atoms with van der Waals surface area (Å²) in [5.74, 6) is 1.49. The lowest BCUT2D eigenvalue weighted by atomic mass is 10.1. The lowest BCUT2D eigenvalue weighted by Gasteiger charge is -2.29. The van der Waals surface area contributed by atoms with Crippen LogP contribution in [0.1, 0.15) is 5.69 Å². The van der Waals surface area contributed by atoms with Crippen molar-refractivity contribution >= 4 is 27.4 Å². The smallest absolute Gasteiger partial charge is 0.0726 e. The van der Waals surface area contributed by atoms with E-state index in [-0.39, 0.29) is 0 Å². The molecule has 0 unspecified atom stereocenters. The van der Waals surface area contributed by atoms with Crippen LogP contribution in [0.4, 0.5) is 5.69 Å². The summed E-state index contributed by atoms with van der Waals surface area (Å²) in [6, 6.07) is 10.2. The van der Waals surface area contributed by atoms with E-state index in [9.17, 15) is 4.21 Å². The first-order valence-electron chi connectivity index (χ1n) is 6.46. The number of para-hydroxylation sites is 1. The van der Waals surface area contributed by atoms with Gasteiger partial charge >= 0.3 is 0 Å². The summed E-state index contributed by atoms with van der Waals surface area (Å²) in [6.45, 7) is 2.12. The quantitative estimate of drug-likeness (QED) is 0.896. The zero-order chi connectivity index (χ0) is 13.2. The Balaban J connectivity index is 2.08. The second-order valence-electron chi connectivity index (χ2n) is 4.69. The summed E-state index contributed by atoms with van der Waals surface area (Å²) in [5, 5.41) is 1.15. The van der Waals surface area contributed by atoms with Crippen molar-refractivity contribution in [2.75, 3.05) is 29.5 Å². The van der Waals surface area contributed by atoms with Crippen LogP contribution in [0.5, 0.6) is 0 Å². The van der Waals surface area contributed by atoms with E-state index < -0.39 is 10.8 Å². The van der Waals surface area contributed by atoms with Crippen molar-refractivity contribution in [2.45, 2.75) is 6.54 Å². The van der Waals surface area contributed by atoms with Gasteiger partial charge in [0.25, 0.3) is 0 Å². The summed E-state index contributed by atoms with van der Waals surface area (Å²) in [4.78, 5) is 6.85. The van der Waals surface area contributed by atoms with Crippen LogP contribution in [0.25, 0.3) is 10.9 Å². The number of anilines is 1. The Hall–Kier alpha value is -1.46. The van der Waals surface area contributed by atoms with Crippen molar-refractivity contribution in [3.8, 4) is 0 Å². The predicted octanol–water partition coefficient (Wildman–Crippen LogP) is 1.26. The minimum Gasteiger partial charge on any atom is -0.369 e. The Morgan fingerprint density at radius 2 is 2.00 bits per heavy atom. The minimum absolute atomic E-state index is 0.442. The van der Waals surface area contributed by atoms with Crippen molar-refractivity contribution < 1.29 is 4.21 Å². The Bertz CT molecular complexity index is 619. The summed E-state index contributed by atoms with van der Waals surface area (Å²) in [5.41, 5.74) is 8.78. The number of fused-ring (bicyclic) bond motifs is 1. The SMILES string of the molecule is NCc1cc(N2CCS(=O)CC2)c2ccccc2n1. The highest BCUT2D eigenvalue weighted by Crippen LogP contribution is 2.27. The molecular formula is C14H17N3OS. The van der Waals surface area contributed by atoms with Gasteiger partial charge in [0.05, 0.1) is 11.2 Å². The van der Waals surface area contributed by atoms with Gasteiger partial charge in [-0.05, 0) is 12.1 Å². The van der Waals surface area contributed by atoms with E-state index in [1.807, 2.05) is 18.2 Å². The van der Waals surface area contributed by atoms with Crippen LogP contribution in [-0.4, -0.2) is 33.8 Å². The second kappa shape index (κ2) is 5.27. The standard InChI is InChI=1S/C14H17N3OS/c15-10-11-9-14(17-5-7-19(18)8-6-17)12-3-1-2-4-13(12)16-11/h1-4,9H,5-8,10,15H2. The van der Waals surface area contributed by atoms with E-state index >= 15 is 0 Å². The van der Waals surface area contributed by atoms with E-state index in [4.69, 9.17) is 5.73 Å². The fourth-order valence-corrected chi connectivity index (χ4v) is 3.51. The molecule has 1 aliphatic rings. The van der Waals surface area contributed by atoms with Gasteiger partial charge in [-0.25, -0.2) is 0 Å². The van der Waals surface area contributed by atoms with Crippen molar-refractivity contribution in [1.29, 1.82) is 0 Å². The second-order valence-corrected chi connectivity index (χ2v) is 6.39. The Kier molecular flexibility index (Phi) is 3.48. The fourth-order valence-electron chi connectivity index (χ4n) is 2.46. The summed E-state index contributed by atoms with van der Waals surface area (Å²) in [7, 11) is -0.658. The fraction of sp³-hybridized carbons (Fsp3) is 0.357. The van der Waals surface area contributed by atoms with Crippen LogP contribution in [0.2, 0.25) is 0 Å². The molecule has 1 aromatic heterocycles. The zero-order valence-corrected chi connectivity index (χ0v) is 11.5. The topological polar surface area (TPSA) is 59.2 Å². The van der Waals surface area contributed by atoms with Crippen LogP contribution >= 0.6 is 0 Å². The van der Waals surface area contributed by atoms with Gasteiger partial charge in [-0.2, -0.15) is 0 Å². The third-order valence-corrected chi connectivity index (χ3v) is 4.75. The van der Waals surface area contributed by atoms with Crippen LogP contribution in [0.3, 0.4) is 0 Å². The number of pyridine rings is 1. The molecule has 0 bridgehead atoms. The molecule has 100 valence electrons. The minimum atomic E-state index is -0.658. The molecule has 0 amide bonds. The third kappa shape index (κ3) is 2.48. The molecule has 4 nitrogen and oxygen atoms in total. The van der Waals surface area contributed by atoms with Gasteiger partial charge in [-0.15, -0.1) is 0 Å². The number of nitrogens with two attached hydrogens (primary N) is 1. The number of benzene rings is 1. The van der Waals surface area contributed by atoms with E-state index in [1.165, 1.54) is 5.69 Å². The van der Waals surface area contributed by atoms with Crippen LogP contribution < -0.4 is 10.6 Å². The van der Waals surface area contributed by atoms with Crippen molar-refractivity contribution in [2.24, 2.45) is 5.73 Å². The first-order chi connectivity index (χ1) is 9.28. The Morgan fingerprint density at radius 3 is 2.74 bits per heavy atom. The first kappa shape index (κ1) is 12.6. The van der Waals surface area contributed by atoms with Gasteiger partial charge in [-0.1, -0.05) is 18.2 Å². The van der Waals surface area contributed by atoms with Crippen molar-refractivity contribution in [3.05, 3.63) is 36.0 Å². The zero-order valence-electron chi connectivity index (χ0n) is 10.7. The highest BCUT2D eigenvalue weighted by molar-refractivity contribution is 7.85. The molecule has 2 N–H and O–H groups in total. The van der Waals surface area contributed by atoms with E-state index in [1.54, 1.807) is 0 Å². The lowest BCUT2D eigenvalue weighted by Crippen LogP contribution is -2.37. The molecule has 1 aliphatic heterocycles. The molecule has 2 aromatic rings. The molecule has 0 atom stereocenters. The molecule has 19 heavy (non-hydrogen) atoms. The molecule has 1 fully saturated rings. The van der Waals surface area contributed by atoms with Gasteiger partial charge in [0, 0.05) is 53.0 Å². The predicted molar refractivity (Wildman–Crippen MR) is 79.7 cm³/mol. The van der Waals surface area contributed by atoms with Crippen LogP contribution in [-0.2, 0) is 17.3 Å². The summed E-state index contributed by atoms with van der Waals surface area (Å²) < 4.78 is 11.5. The van der Waals surface area contributed by atoms with E-state index in [0.29, 0.717) is 6.54 Å². The average molecular weight is 275 g/mol. The lowest BCUT2D eigenvalue weighted by molar-refractivity contribution is 0.673. The highest BCUT2D eigenvalue weighted by Gasteiger charge is 2.18. The van der Waals surface area contributed by atoms with Gasteiger partial charge < -0.3 is 10.6 Å². The Labute approximate surface area is 115 Å². The van der Waals surface area contributed by atoms with Gasteiger partial charge in [-0.3, -0.25) is 9.19 Å². The van der Waals surface area contributed by atoms with Gasteiger partial charge in [0.2, 0.25) is 0 Å². The van der Waals surface area contributed by atoms with E-state index in [0.717, 1.165) is 41.2 Å². The number of hydrogen-bond donors (Lipinski definition) is 1. The molecular weight excluding hydrogens is 258 g/mol. The highest BCUT2D eigenvalue weighted by atomic mass is 32.2. The van der Waals surface area contributed by atoms with Crippen LogP contribution in [0, 0.1) is 0 Å². The molecule has 2 heterocycles. The number of nitrogens with zero attached hydrogens (tertiary/aromatic N) is 2. The van der Waals surface area contributed by atoms with Crippen molar-refractivity contribution in [1.82, 2.24) is 4.98 Å². The molecule has 0 saturated carbocycles. The summed E-state index contributed by atoms with van der Waals surface area (Å²) >= 11 is 0. The van der Waals surface area contributed by atoms with E-state index in [2.05, 4.69) is 22.0 Å². The molecule has 0 aliphatic carbocycles. The Morgan fingerprint density at radius 1 is 1.26 bits per heavy atom. The third-order valence-electron chi connectivity index (χ3n) is 3.47. The normalized spacial score (nSPS) is 17.0. The number of aromatic nitrogens is 1. The molecule has 1 saturated heterocycles. The van der Waals surface area contributed by atoms with Gasteiger partial charge in [0.15, 0.2) is 0 Å². The molecule has 0 spiro atoms. The average Bonchev–Trinajstić information content (AvgIpc) is 2.47. The first-order valence-corrected chi connectivity index (χ1v) is 7.95. The molecule has 3 rings (SSSR count). The monoisotopic (exact) mass is 275 g/mol. The van der Waals surface area contributed by atoms with Crippen molar-refractivity contribution in [3.63, 3.8) is 0 Å². The van der Waals surface area contributed by atoms with Crippen LogP contribution in [0.15, 0.2) is 30.3 Å². The molecule has 0 radical (unpaired) electrons. The largest absolute Gasteiger partial charge is 0.369 e. The maximum absolute atomic E-state index is 11.5. The molecule has 5 heteroatoms.